The van der Waals surface area contributed by atoms with E-state index in [9.17, 15) is 14.9 Å². The molecule has 2 atom stereocenters. The number of nitrogens with zero attached hydrogens (tertiary/aromatic N) is 4. The summed E-state index contributed by atoms with van der Waals surface area (Å²) in [6, 6.07) is 14.1. The van der Waals surface area contributed by atoms with E-state index >= 15 is 0 Å². The Hall–Kier alpha value is -3.20. The molecule has 0 saturated carbocycles. The Morgan fingerprint density at radius 2 is 1.78 bits per heavy atom. The second-order valence-corrected chi connectivity index (χ2v) is 11.5. The van der Waals surface area contributed by atoms with Crippen molar-refractivity contribution in [3.63, 3.8) is 0 Å². The minimum atomic E-state index is -0.424. The third-order valence-electron chi connectivity index (χ3n) is 5.85. The standard InChI is InChI=1S/C27H35N5O3S/c1-18(16-27(4,5)6)15-24(33)28-20(3)25-29-30-26(36-17-21-10-8-7-9-19(21)2)31(25)22-11-13-23(14-12-22)32(34)35/h7-14,18,20H,15-17H2,1-6H3,(H,28,33). The highest BCUT2D eigenvalue weighted by Crippen LogP contribution is 2.30. The van der Waals surface area contributed by atoms with Gasteiger partial charge in [-0.25, -0.2) is 0 Å². The number of amides is 1. The Labute approximate surface area is 217 Å². The van der Waals surface area contributed by atoms with E-state index in [1.165, 1.54) is 35.0 Å². The highest BCUT2D eigenvalue weighted by Gasteiger charge is 2.23. The first-order valence-corrected chi connectivity index (χ1v) is 13.1. The molecule has 1 N–H and O–H groups in total. The van der Waals surface area contributed by atoms with Gasteiger partial charge >= 0.3 is 0 Å². The summed E-state index contributed by atoms with van der Waals surface area (Å²) in [5.74, 6) is 1.49. The van der Waals surface area contributed by atoms with E-state index in [1.807, 2.05) is 23.6 Å². The highest BCUT2D eigenvalue weighted by atomic mass is 32.2. The molecule has 9 heteroatoms. The van der Waals surface area contributed by atoms with Gasteiger partial charge in [0.05, 0.1) is 11.0 Å². The number of hydrogen-bond donors (Lipinski definition) is 1. The predicted octanol–water partition coefficient (Wildman–Crippen LogP) is 6.42. The molecular weight excluding hydrogens is 474 g/mol. The van der Waals surface area contributed by atoms with E-state index in [0.717, 1.165) is 6.42 Å². The van der Waals surface area contributed by atoms with Crippen LogP contribution in [0.3, 0.4) is 0 Å². The van der Waals surface area contributed by atoms with Crippen molar-refractivity contribution in [2.75, 3.05) is 0 Å². The molecule has 0 spiro atoms. The van der Waals surface area contributed by atoms with Gasteiger partial charge < -0.3 is 5.32 Å². The van der Waals surface area contributed by atoms with Crippen molar-refractivity contribution in [2.45, 2.75) is 71.3 Å². The second kappa shape index (κ2) is 11.7. The smallest absolute Gasteiger partial charge is 0.269 e. The minimum absolute atomic E-state index is 0.0108. The van der Waals surface area contributed by atoms with E-state index in [4.69, 9.17) is 0 Å². The average molecular weight is 510 g/mol. The first-order valence-electron chi connectivity index (χ1n) is 12.1. The second-order valence-electron chi connectivity index (χ2n) is 10.5. The number of benzene rings is 2. The molecule has 0 aliphatic carbocycles. The SMILES string of the molecule is Cc1ccccc1CSc1nnc(C(C)NC(=O)CC(C)CC(C)(C)C)n1-c1ccc([N+](=O)[O-])cc1. The molecule has 0 bridgehead atoms. The van der Waals surface area contributed by atoms with Crippen LogP contribution in [0.2, 0.25) is 0 Å². The van der Waals surface area contributed by atoms with Crippen LogP contribution in [-0.4, -0.2) is 25.6 Å². The van der Waals surface area contributed by atoms with E-state index in [0.29, 0.717) is 28.8 Å². The number of carbonyl (C=O) groups is 1. The maximum Gasteiger partial charge on any atom is 0.269 e. The molecule has 1 aromatic heterocycles. The maximum atomic E-state index is 12.8. The zero-order valence-electron chi connectivity index (χ0n) is 21.8. The Bertz CT molecular complexity index is 1200. The van der Waals surface area contributed by atoms with Gasteiger partial charge in [-0.3, -0.25) is 19.5 Å². The van der Waals surface area contributed by atoms with Crippen LogP contribution in [0.1, 0.15) is 70.5 Å². The average Bonchev–Trinajstić information content (AvgIpc) is 3.21. The number of nitrogens with one attached hydrogen (secondary N) is 1. The van der Waals surface area contributed by atoms with Gasteiger partial charge in [0.1, 0.15) is 0 Å². The van der Waals surface area contributed by atoms with Crippen LogP contribution in [-0.2, 0) is 10.5 Å². The zero-order chi connectivity index (χ0) is 26.5. The van der Waals surface area contributed by atoms with Crippen LogP contribution in [0.4, 0.5) is 5.69 Å². The molecule has 0 radical (unpaired) electrons. The van der Waals surface area contributed by atoms with E-state index in [2.05, 4.69) is 62.3 Å². The number of hydrogen-bond acceptors (Lipinski definition) is 6. The lowest BCUT2D eigenvalue weighted by atomic mass is 9.84. The molecule has 0 fully saturated rings. The molecule has 192 valence electrons. The Balaban J connectivity index is 1.85. The Morgan fingerprint density at radius 3 is 2.39 bits per heavy atom. The molecule has 8 nitrogen and oxygen atoms in total. The van der Waals surface area contributed by atoms with Crippen LogP contribution < -0.4 is 5.32 Å². The van der Waals surface area contributed by atoms with Crippen LogP contribution in [0.15, 0.2) is 53.7 Å². The fraction of sp³-hybridized carbons (Fsp3) is 0.444. The largest absolute Gasteiger partial charge is 0.346 e. The van der Waals surface area contributed by atoms with Gasteiger partial charge in [-0.05, 0) is 54.9 Å². The van der Waals surface area contributed by atoms with Crippen LogP contribution in [0.5, 0.6) is 0 Å². The van der Waals surface area contributed by atoms with Crippen LogP contribution >= 0.6 is 11.8 Å². The van der Waals surface area contributed by atoms with Gasteiger partial charge in [-0.2, -0.15) is 0 Å². The van der Waals surface area contributed by atoms with Gasteiger partial charge in [0.15, 0.2) is 11.0 Å². The summed E-state index contributed by atoms with van der Waals surface area (Å²) in [6.45, 7) is 12.6. The van der Waals surface area contributed by atoms with Crippen molar-refractivity contribution in [1.29, 1.82) is 0 Å². The number of rotatable bonds is 10. The molecule has 1 heterocycles. The van der Waals surface area contributed by atoms with Crippen molar-refractivity contribution < 1.29 is 9.72 Å². The number of non-ortho nitro benzene ring substituents is 1. The minimum Gasteiger partial charge on any atom is -0.346 e. The molecule has 3 rings (SSSR count). The third-order valence-corrected chi connectivity index (χ3v) is 6.83. The van der Waals surface area contributed by atoms with E-state index in [-0.39, 0.29) is 22.9 Å². The van der Waals surface area contributed by atoms with Crippen molar-refractivity contribution in [3.05, 3.63) is 75.6 Å². The number of thioether (sulfide) groups is 1. The zero-order valence-corrected chi connectivity index (χ0v) is 22.6. The fourth-order valence-corrected chi connectivity index (χ4v) is 5.37. The number of nitro groups is 1. The van der Waals surface area contributed by atoms with Crippen molar-refractivity contribution in [3.8, 4) is 5.69 Å². The summed E-state index contributed by atoms with van der Waals surface area (Å²) >= 11 is 1.54. The number of aromatic nitrogens is 3. The summed E-state index contributed by atoms with van der Waals surface area (Å²) in [4.78, 5) is 23.5. The van der Waals surface area contributed by atoms with Gasteiger partial charge in [-0.1, -0.05) is 63.7 Å². The summed E-state index contributed by atoms with van der Waals surface area (Å²) < 4.78 is 1.87. The van der Waals surface area contributed by atoms with Gasteiger partial charge in [0.25, 0.3) is 5.69 Å². The molecule has 0 saturated heterocycles. The summed E-state index contributed by atoms with van der Waals surface area (Å²) in [5.41, 5.74) is 3.25. The Kier molecular flexibility index (Phi) is 8.89. The number of nitro benzene ring substituents is 1. The first-order chi connectivity index (χ1) is 16.9. The number of carbonyl (C=O) groups excluding carboxylic acids is 1. The van der Waals surface area contributed by atoms with Crippen LogP contribution in [0, 0.1) is 28.4 Å². The fourth-order valence-electron chi connectivity index (χ4n) is 4.33. The molecule has 2 aromatic carbocycles. The lowest BCUT2D eigenvalue weighted by molar-refractivity contribution is -0.384. The molecular formula is C27H35N5O3S. The molecule has 2 unspecified atom stereocenters. The summed E-state index contributed by atoms with van der Waals surface area (Å²) in [6.07, 6.45) is 1.38. The summed E-state index contributed by atoms with van der Waals surface area (Å²) in [5, 5.41) is 23.7. The molecule has 1 amide bonds. The Morgan fingerprint density at radius 1 is 1.11 bits per heavy atom. The first kappa shape index (κ1) is 27.4. The maximum absolute atomic E-state index is 12.8. The summed E-state index contributed by atoms with van der Waals surface area (Å²) in [7, 11) is 0. The lowest BCUT2D eigenvalue weighted by Crippen LogP contribution is -2.30. The molecule has 3 aromatic rings. The van der Waals surface area contributed by atoms with Crippen molar-refractivity contribution in [2.24, 2.45) is 11.3 Å². The monoisotopic (exact) mass is 509 g/mol. The highest BCUT2D eigenvalue weighted by molar-refractivity contribution is 7.98. The third kappa shape index (κ3) is 7.40. The molecule has 0 aliphatic rings. The van der Waals surface area contributed by atoms with Gasteiger partial charge in [0.2, 0.25) is 5.91 Å². The van der Waals surface area contributed by atoms with E-state index < -0.39 is 11.0 Å². The van der Waals surface area contributed by atoms with Gasteiger partial charge in [-0.15, -0.1) is 10.2 Å². The molecule has 36 heavy (non-hydrogen) atoms. The van der Waals surface area contributed by atoms with Crippen LogP contribution in [0.25, 0.3) is 5.69 Å². The predicted molar refractivity (Wildman–Crippen MR) is 143 cm³/mol. The normalized spacial score (nSPS) is 13.3. The van der Waals surface area contributed by atoms with Crippen molar-refractivity contribution in [1.82, 2.24) is 20.1 Å². The quantitative estimate of drug-likeness (QED) is 0.192. The topological polar surface area (TPSA) is 103 Å². The van der Waals surface area contributed by atoms with Crippen molar-refractivity contribution >= 4 is 23.4 Å². The molecule has 0 aliphatic heterocycles. The number of aryl methyl sites for hydroxylation is 1. The lowest BCUT2D eigenvalue weighted by Gasteiger charge is -2.23. The van der Waals surface area contributed by atoms with Gasteiger partial charge in [0, 0.05) is 30.0 Å². The van der Waals surface area contributed by atoms with E-state index in [1.54, 1.807) is 12.1 Å².